The lowest BCUT2D eigenvalue weighted by Crippen LogP contribution is -2.36. The minimum Gasteiger partial charge on any atom is -0.393 e. The molecule has 1 heterocycles. The molecule has 1 N–H and O–H groups in total. The second kappa shape index (κ2) is 6.18. The zero-order valence-corrected chi connectivity index (χ0v) is 10.7. The molecule has 1 aliphatic rings. The molecule has 1 aliphatic heterocycles. The SMILES string of the molecule is C[C@H](CCN1CCC(O)CC1)c1ccccc1. The van der Waals surface area contributed by atoms with E-state index < -0.39 is 0 Å². The molecule has 0 amide bonds. The Kier molecular flexibility index (Phi) is 4.57. The second-order valence-corrected chi connectivity index (χ2v) is 5.17. The van der Waals surface area contributed by atoms with Crippen molar-refractivity contribution in [3.8, 4) is 0 Å². The summed E-state index contributed by atoms with van der Waals surface area (Å²) >= 11 is 0. The van der Waals surface area contributed by atoms with Crippen molar-refractivity contribution in [1.29, 1.82) is 0 Å². The predicted molar refractivity (Wildman–Crippen MR) is 71.2 cm³/mol. The van der Waals surface area contributed by atoms with Crippen LogP contribution in [0.1, 0.15) is 37.7 Å². The van der Waals surface area contributed by atoms with Crippen LogP contribution >= 0.6 is 0 Å². The number of piperidine rings is 1. The van der Waals surface area contributed by atoms with Gasteiger partial charge in [-0.1, -0.05) is 37.3 Å². The minimum absolute atomic E-state index is 0.0576. The number of nitrogens with zero attached hydrogens (tertiary/aromatic N) is 1. The fraction of sp³-hybridized carbons (Fsp3) is 0.600. The van der Waals surface area contributed by atoms with Crippen molar-refractivity contribution in [2.45, 2.75) is 38.2 Å². The number of aliphatic hydroxyl groups excluding tert-OH is 1. The van der Waals surface area contributed by atoms with E-state index in [0.717, 1.165) is 32.5 Å². The average molecular weight is 233 g/mol. The van der Waals surface area contributed by atoms with Crippen LogP contribution in [0, 0.1) is 0 Å². The summed E-state index contributed by atoms with van der Waals surface area (Å²) in [5.74, 6) is 0.628. The van der Waals surface area contributed by atoms with Crippen LogP contribution in [-0.4, -0.2) is 35.7 Å². The molecule has 2 rings (SSSR count). The van der Waals surface area contributed by atoms with Gasteiger partial charge in [0.2, 0.25) is 0 Å². The van der Waals surface area contributed by atoms with E-state index in [1.165, 1.54) is 12.0 Å². The maximum atomic E-state index is 9.46. The number of aliphatic hydroxyl groups is 1. The molecule has 0 saturated carbocycles. The van der Waals surface area contributed by atoms with Crippen LogP contribution in [0.4, 0.5) is 0 Å². The topological polar surface area (TPSA) is 23.5 Å². The molecular weight excluding hydrogens is 210 g/mol. The Labute approximate surface area is 104 Å². The van der Waals surface area contributed by atoms with E-state index in [-0.39, 0.29) is 6.10 Å². The van der Waals surface area contributed by atoms with Crippen molar-refractivity contribution in [2.75, 3.05) is 19.6 Å². The Hall–Kier alpha value is -0.860. The summed E-state index contributed by atoms with van der Waals surface area (Å²) in [6.45, 7) is 5.57. The normalized spacial score (nSPS) is 20.4. The first-order valence-corrected chi connectivity index (χ1v) is 6.71. The summed E-state index contributed by atoms with van der Waals surface area (Å²) in [5.41, 5.74) is 1.43. The van der Waals surface area contributed by atoms with Crippen molar-refractivity contribution >= 4 is 0 Å². The van der Waals surface area contributed by atoms with Crippen LogP contribution in [0.25, 0.3) is 0 Å². The largest absolute Gasteiger partial charge is 0.393 e. The van der Waals surface area contributed by atoms with E-state index in [2.05, 4.69) is 42.2 Å². The third kappa shape index (κ3) is 3.83. The number of hydrogen-bond donors (Lipinski definition) is 1. The van der Waals surface area contributed by atoms with Crippen LogP contribution in [0.2, 0.25) is 0 Å². The first kappa shape index (κ1) is 12.6. The molecule has 2 heteroatoms. The van der Waals surface area contributed by atoms with Gasteiger partial charge in [-0.2, -0.15) is 0 Å². The summed E-state index contributed by atoms with van der Waals surface area (Å²) in [6, 6.07) is 10.7. The fourth-order valence-corrected chi connectivity index (χ4v) is 2.47. The number of hydrogen-bond acceptors (Lipinski definition) is 2. The first-order valence-electron chi connectivity index (χ1n) is 6.71. The molecule has 0 bridgehead atoms. The minimum atomic E-state index is -0.0576. The molecule has 0 radical (unpaired) electrons. The van der Waals surface area contributed by atoms with E-state index >= 15 is 0 Å². The molecule has 0 unspecified atom stereocenters. The van der Waals surface area contributed by atoms with Crippen LogP contribution in [0.15, 0.2) is 30.3 Å². The summed E-state index contributed by atoms with van der Waals surface area (Å²) in [5, 5.41) is 9.46. The molecule has 1 fully saturated rings. The smallest absolute Gasteiger partial charge is 0.0564 e. The summed E-state index contributed by atoms with van der Waals surface area (Å²) in [6.07, 6.45) is 3.04. The fourth-order valence-electron chi connectivity index (χ4n) is 2.47. The van der Waals surface area contributed by atoms with Crippen molar-refractivity contribution < 1.29 is 5.11 Å². The van der Waals surface area contributed by atoms with Crippen LogP contribution in [0.3, 0.4) is 0 Å². The highest BCUT2D eigenvalue weighted by molar-refractivity contribution is 5.18. The van der Waals surface area contributed by atoms with Gasteiger partial charge < -0.3 is 10.0 Å². The van der Waals surface area contributed by atoms with Crippen molar-refractivity contribution in [1.82, 2.24) is 4.90 Å². The summed E-state index contributed by atoms with van der Waals surface area (Å²) < 4.78 is 0. The number of likely N-dealkylation sites (tertiary alicyclic amines) is 1. The van der Waals surface area contributed by atoms with Crippen molar-refractivity contribution in [3.63, 3.8) is 0 Å². The maximum absolute atomic E-state index is 9.46. The monoisotopic (exact) mass is 233 g/mol. The molecule has 1 aromatic rings. The van der Waals surface area contributed by atoms with Crippen LogP contribution in [-0.2, 0) is 0 Å². The van der Waals surface area contributed by atoms with Crippen LogP contribution in [0.5, 0.6) is 0 Å². The van der Waals surface area contributed by atoms with E-state index in [1.807, 2.05) is 0 Å². The summed E-state index contributed by atoms with van der Waals surface area (Å²) in [4.78, 5) is 2.48. The lowest BCUT2D eigenvalue weighted by Gasteiger charge is -2.30. The standard InChI is InChI=1S/C15H23NO/c1-13(14-5-3-2-4-6-14)7-10-16-11-8-15(17)9-12-16/h2-6,13,15,17H,7-12H2,1H3/t13-/m1/s1. The Morgan fingerprint density at radius 1 is 1.24 bits per heavy atom. The van der Waals surface area contributed by atoms with Gasteiger partial charge in [0.1, 0.15) is 0 Å². The molecule has 1 aromatic carbocycles. The Morgan fingerprint density at radius 3 is 2.53 bits per heavy atom. The van der Waals surface area contributed by atoms with Gasteiger partial charge in [0.25, 0.3) is 0 Å². The van der Waals surface area contributed by atoms with Gasteiger partial charge in [-0.3, -0.25) is 0 Å². The Balaban J connectivity index is 1.75. The van der Waals surface area contributed by atoms with Gasteiger partial charge >= 0.3 is 0 Å². The molecule has 1 saturated heterocycles. The molecule has 1 atom stereocenters. The average Bonchev–Trinajstić information content (AvgIpc) is 2.39. The highest BCUT2D eigenvalue weighted by Gasteiger charge is 2.17. The molecule has 0 aliphatic carbocycles. The van der Waals surface area contributed by atoms with E-state index in [1.54, 1.807) is 0 Å². The zero-order valence-electron chi connectivity index (χ0n) is 10.7. The number of rotatable bonds is 4. The highest BCUT2D eigenvalue weighted by Crippen LogP contribution is 2.20. The highest BCUT2D eigenvalue weighted by atomic mass is 16.3. The summed E-state index contributed by atoms with van der Waals surface area (Å²) in [7, 11) is 0. The quantitative estimate of drug-likeness (QED) is 0.864. The molecule has 2 nitrogen and oxygen atoms in total. The number of benzene rings is 1. The first-order chi connectivity index (χ1) is 8.25. The molecule has 0 spiro atoms. The Morgan fingerprint density at radius 2 is 1.88 bits per heavy atom. The molecule has 0 aromatic heterocycles. The van der Waals surface area contributed by atoms with E-state index in [4.69, 9.17) is 0 Å². The van der Waals surface area contributed by atoms with Gasteiger partial charge in [0.05, 0.1) is 6.10 Å². The molecule has 17 heavy (non-hydrogen) atoms. The lowest BCUT2D eigenvalue weighted by atomic mass is 9.97. The zero-order chi connectivity index (χ0) is 12.1. The van der Waals surface area contributed by atoms with Gasteiger partial charge in [0.15, 0.2) is 0 Å². The van der Waals surface area contributed by atoms with Crippen LogP contribution < -0.4 is 0 Å². The van der Waals surface area contributed by atoms with Gasteiger partial charge in [0, 0.05) is 13.1 Å². The van der Waals surface area contributed by atoms with Crippen molar-refractivity contribution in [2.24, 2.45) is 0 Å². The second-order valence-electron chi connectivity index (χ2n) is 5.17. The maximum Gasteiger partial charge on any atom is 0.0564 e. The molecule has 94 valence electrons. The molecular formula is C15H23NO. The van der Waals surface area contributed by atoms with E-state index in [0.29, 0.717) is 5.92 Å². The van der Waals surface area contributed by atoms with Gasteiger partial charge in [-0.15, -0.1) is 0 Å². The van der Waals surface area contributed by atoms with Gasteiger partial charge in [-0.05, 0) is 37.3 Å². The Bertz CT molecular complexity index is 317. The third-order valence-electron chi connectivity index (χ3n) is 3.80. The van der Waals surface area contributed by atoms with E-state index in [9.17, 15) is 5.11 Å². The van der Waals surface area contributed by atoms with Gasteiger partial charge in [-0.25, -0.2) is 0 Å². The predicted octanol–water partition coefficient (Wildman–Crippen LogP) is 2.64. The third-order valence-corrected chi connectivity index (χ3v) is 3.80. The van der Waals surface area contributed by atoms with Crippen molar-refractivity contribution in [3.05, 3.63) is 35.9 Å². The lowest BCUT2D eigenvalue weighted by molar-refractivity contribution is 0.0814.